The first-order valence-corrected chi connectivity index (χ1v) is 24.9. The second kappa shape index (κ2) is 38.3. The van der Waals surface area contributed by atoms with E-state index in [4.69, 9.17) is 18.5 Å². The molecule has 0 aromatic carbocycles. The SMILES string of the molecule is CC/C=C\C/C=C\C/C=C\C/C=C\C/C=C\C/C=C\CCC(=O)O[C@H](COC(=O)CCCCCCC/C=C\CCCCCCCC)COP(=O)(O)OC1C(O)C(O)C(O)[C@@H](O)C1O. The molecule has 0 radical (unpaired) electrons. The Kier molecular flexibility index (Phi) is 35.3. The zero-order valence-corrected chi connectivity index (χ0v) is 39.0. The number of esters is 2. The van der Waals surface area contributed by atoms with Gasteiger partial charge in [-0.25, -0.2) is 4.57 Å². The van der Waals surface area contributed by atoms with Gasteiger partial charge in [0, 0.05) is 12.8 Å². The molecular formula is C49H81O13P. The standard InChI is InChI=1S/C49H81O13P/c1-3-5-7-9-11-13-15-17-19-20-21-22-24-26-28-30-32-34-36-38-43(51)61-41(40-60-63(57,58)62-49-47(55)45(53)44(52)46(54)48(49)56)39-59-42(50)37-35-33-31-29-27-25-23-18-16-14-12-10-8-6-4-2/h5,7,11,13,17-19,21-23,26,28,32,34,41,44-49,52-56H,3-4,6,8-10,12,14-16,20,24-25,27,29-31,33,35-40H2,1-2H3,(H,57,58)/b7-5-,13-11-,19-17-,22-21-,23-18-,28-26-,34-32-/t41-,44?,45-,46?,47?,48?,49?/m1/s1. The number of phosphoric ester groups is 1. The predicted octanol–water partition coefficient (Wildman–Crippen LogP) is 9.28. The number of allylic oxidation sites excluding steroid dienone is 14. The zero-order chi connectivity index (χ0) is 46.4. The zero-order valence-electron chi connectivity index (χ0n) is 38.1. The third kappa shape index (κ3) is 30.7. The molecule has 6 N–H and O–H groups in total. The number of hydrogen-bond acceptors (Lipinski definition) is 12. The van der Waals surface area contributed by atoms with E-state index < -0.39 is 75.7 Å². The fourth-order valence-electron chi connectivity index (χ4n) is 6.48. The van der Waals surface area contributed by atoms with Crippen molar-refractivity contribution >= 4 is 19.8 Å². The Bertz CT molecular complexity index is 1420. The molecule has 0 amide bonds. The minimum absolute atomic E-state index is 0.0343. The molecule has 1 aliphatic rings. The van der Waals surface area contributed by atoms with Crippen molar-refractivity contribution in [3.8, 4) is 0 Å². The molecule has 8 atom stereocenters. The van der Waals surface area contributed by atoms with Crippen molar-refractivity contribution in [1.82, 2.24) is 0 Å². The molecule has 1 fully saturated rings. The van der Waals surface area contributed by atoms with E-state index in [0.29, 0.717) is 19.3 Å². The molecule has 0 aromatic rings. The number of carbonyl (C=O) groups is 2. The first-order valence-electron chi connectivity index (χ1n) is 23.4. The van der Waals surface area contributed by atoms with Crippen molar-refractivity contribution < 1.29 is 63.1 Å². The molecule has 360 valence electrons. The fourth-order valence-corrected chi connectivity index (χ4v) is 7.46. The normalized spacial score (nSPS) is 22.5. The minimum Gasteiger partial charge on any atom is -0.462 e. The van der Waals surface area contributed by atoms with Crippen LogP contribution in [0.4, 0.5) is 0 Å². The Morgan fingerprint density at radius 1 is 0.508 bits per heavy atom. The van der Waals surface area contributed by atoms with E-state index in [0.717, 1.165) is 70.6 Å². The molecule has 0 heterocycles. The summed E-state index contributed by atoms with van der Waals surface area (Å²) in [6.07, 6.45) is 36.5. The maximum Gasteiger partial charge on any atom is 0.472 e. The maximum atomic E-state index is 12.8. The first-order chi connectivity index (χ1) is 30.4. The van der Waals surface area contributed by atoms with Crippen LogP contribution >= 0.6 is 7.82 Å². The van der Waals surface area contributed by atoms with Gasteiger partial charge in [0.05, 0.1) is 6.61 Å². The van der Waals surface area contributed by atoms with E-state index >= 15 is 0 Å². The van der Waals surface area contributed by atoms with Gasteiger partial charge < -0.3 is 39.9 Å². The summed E-state index contributed by atoms with van der Waals surface area (Å²) in [5, 5.41) is 50.1. The number of carbonyl (C=O) groups excluding carboxylic acids is 2. The van der Waals surface area contributed by atoms with Gasteiger partial charge in [-0.15, -0.1) is 0 Å². The summed E-state index contributed by atoms with van der Waals surface area (Å²) in [6.45, 7) is 3.10. The van der Waals surface area contributed by atoms with Gasteiger partial charge in [-0.2, -0.15) is 0 Å². The molecule has 0 spiro atoms. The summed E-state index contributed by atoms with van der Waals surface area (Å²) in [4.78, 5) is 35.7. The molecule has 1 aliphatic carbocycles. The lowest BCUT2D eigenvalue weighted by Gasteiger charge is -2.41. The summed E-state index contributed by atoms with van der Waals surface area (Å²) >= 11 is 0. The number of hydrogen-bond donors (Lipinski definition) is 6. The number of ether oxygens (including phenoxy) is 2. The lowest BCUT2D eigenvalue weighted by molar-refractivity contribution is -0.220. The van der Waals surface area contributed by atoms with Crippen LogP contribution in [0.2, 0.25) is 0 Å². The summed E-state index contributed by atoms with van der Waals surface area (Å²) in [6, 6.07) is 0. The Balaban J connectivity index is 2.53. The maximum absolute atomic E-state index is 12.8. The lowest BCUT2D eigenvalue weighted by Crippen LogP contribution is -2.64. The third-order valence-electron chi connectivity index (χ3n) is 10.2. The Morgan fingerprint density at radius 2 is 0.937 bits per heavy atom. The molecule has 63 heavy (non-hydrogen) atoms. The van der Waals surface area contributed by atoms with Crippen molar-refractivity contribution in [1.29, 1.82) is 0 Å². The molecule has 13 nitrogen and oxygen atoms in total. The average molecular weight is 909 g/mol. The van der Waals surface area contributed by atoms with Gasteiger partial charge in [0.15, 0.2) is 6.10 Å². The van der Waals surface area contributed by atoms with Crippen LogP contribution in [0.1, 0.15) is 155 Å². The smallest absolute Gasteiger partial charge is 0.462 e. The first kappa shape index (κ1) is 58.0. The summed E-state index contributed by atoms with van der Waals surface area (Å²) < 4.78 is 33.4. The quantitative estimate of drug-likeness (QED) is 0.0149. The van der Waals surface area contributed by atoms with Gasteiger partial charge in [-0.3, -0.25) is 18.6 Å². The van der Waals surface area contributed by atoms with Crippen LogP contribution in [0.3, 0.4) is 0 Å². The van der Waals surface area contributed by atoms with Gasteiger partial charge in [-0.1, -0.05) is 150 Å². The van der Waals surface area contributed by atoms with Crippen molar-refractivity contribution in [3.63, 3.8) is 0 Å². The topological polar surface area (TPSA) is 210 Å². The molecule has 6 unspecified atom stereocenters. The van der Waals surface area contributed by atoms with Crippen LogP contribution in [0.5, 0.6) is 0 Å². The summed E-state index contributed by atoms with van der Waals surface area (Å²) in [5.74, 6) is -1.21. The van der Waals surface area contributed by atoms with Gasteiger partial charge in [-0.05, 0) is 77.0 Å². The third-order valence-corrected chi connectivity index (χ3v) is 11.2. The lowest BCUT2D eigenvalue weighted by atomic mass is 9.85. The Morgan fingerprint density at radius 3 is 1.44 bits per heavy atom. The number of rotatable bonds is 37. The monoisotopic (exact) mass is 909 g/mol. The summed E-state index contributed by atoms with van der Waals surface area (Å²) in [7, 11) is -5.15. The van der Waals surface area contributed by atoms with Crippen LogP contribution in [0.15, 0.2) is 85.1 Å². The molecule has 0 bridgehead atoms. The van der Waals surface area contributed by atoms with Crippen LogP contribution in [-0.4, -0.2) is 98.3 Å². The fraction of sp³-hybridized carbons (Fsp3) is 0.673. The summed E-state index contributed by atoms with van der Waals surface area (Å²) in [5.41, 5.74) is 0. The van der Waals surface area contributed by atoms with Crippen molar-refractivity contribution in [2.24, 2.45) is 0 Å². The van der Waals surface area contributed by atoms with E-state index in [9.17, 15) is 44.6 Å². The Labute approximate surface area is 378 Å². The van der Waals surface area contributed by atoms with E-state index in [-0.39, 0.29) is 12.8 Å². The van der Waals surface area contributed by atoms with Gasteiger partial charge in [0.2, 0.25) is 0 Å². The van der Waals surface area contributed by atoms with Gasteiger partial charge in [0.1, 0.15) is 43.2 Å². The number of phosphoric acid groups is 1. The molecule has 0 aliphatic heterocycles. The number of unbranched alkanes of at least 4 members (excludes halogenated alkanes) is 11. The van der Waals surface area contributed by atoms with Crippen molar-refractivity contribution in [2.75, 3.05) is 13.2 Å². The van der Waals surface area contributed by atoms with Crippen molar-refractivity contribution in [2.45, 2.75) is 198 Å². The highest BCUT2D eigenvalue weighted by atomic mass is 31.2. The molecule has 14 heteroatoms. The number of aliphatic hydroxyl groups is 5. The molecule has 0 saturated heterocycles. The van der Waals surface area contributed by atoms with E-state index in [1.54, 1.807) is 0 Å². The number of aliphatic hydroxyl groups excluding tert-OH is 5. The molecule has 1 rings (SSSR count). The second-order valence-corrected chi connectivity index (χ2v) is 17.3. The van der Waals surface area contributed by atoms with Crippen LogP contribution < -0.4 is 0 Å². The van der Waals surface area contributed by atoms with Crippen LogP contribution in [0, 0.1) is 0 Å². The molecular weight excluding hydrogens is 828 g/mol. The largest absolute Gasteiger partial charge is 0.472 e. The predicted molar refractivity (Wildman–Crippen MR) is 248 cm³/mol. The highest BCUT2D eigenvalue weighted by Gasteiger charge is 2.51. The van der Waals surface area contributed by atoms with Crippen LogP contribution in [0.25, 0.3) is 0 Å². The molecule has 0 aromatic heterocycles. The van der Waals surface area contributed by atoms with E-state index in [1.165, 1.54) is 38.5 Å². The Hall–Kier alpha value is -2.97. The van der Waals surface area contributed by atoms with Crippen molar-refractivity contribution in [3.05, 3.63) is 85.1 Å². The van der Waals surface area contributed by atoms with Gasteiger partial charge in [0.25, 0.3) is 0 Å². The highest BCUT2D eigenvalue weighted by molar-refractivity contribution is 7.47. The average Bonchev–Trinajstić information content (AvgIpc) is 3.26. The second-order valence-electron chi connectivity index (χ2n) is 15.9. The van der Waals surface area contributed by atoms with E-state index in [1.807, 2.05) is 18.2 Å². The van der Waals surface area contributed by atoms with Crippen LogP contribution in [-0.2, 0) is 32.7 Å². The highest BCUT2D eigenvalue weighted by Crippen LogP contribution is 2.47. The van der Waals surface area contributed by atoms with E-state index in [2.05, 4.69) is 80.7 Å². The molecule has 1 saturated carbocycles. The minimum atomic E-state index is -5.15. The van der Waals surface area contributed by atoms with Gasteiger partial charge >= 0.3 is 19.8 Å².